The summed E-state index contributed by atoms with van der Waals surface area (Å²) >= 11 is 1.57. The van der Waals surface area contributed by atoms with E-state index in [2.05, 4.69) is 19.2 Å². The van der Waals surface area contributed by atoms with Gasteiger partial charge < -0.3 is 10.2 Å². The van der Waals surface area contributed by atoms with E-state index in [4.69, 9.17) is 0 Å². The van der Waals surface area contributed by atoms with Crippen LogP contribution in [0.3, 0.4) is 0 Å². The van der Waals surface area contributed by atoms with Crippen LogP contribution in [0.1, 0.15) is 42.3 Å². The lowest BCUT2D eigenvalue weighted by atomic mass is 9.99. The fourth-order valence-electron chi connectivity index (χ4n) is 3.58. The van der Waals surface area contributed by atoms with Gasteiger partial charge in [-0.05, 0) is 48.1 Å². The van der Waals surface area contributed by atoms with E-state index in [0.29, 0.717) is 18.7 Å². The van der Waals surface area contributed by atoms with Crippen molar-refractivity contribution in [1.29, 1.82) is 0 Å². The third kappa shape index (κ3) is 5.18. The molecule has 1 fully saturated rings. The first-order valence-corrected chi connectivity index (χ1v) is 10.9. The number of hydrogen-bond acceptors (Lipinski definition) is 3. The maximum absolute atomic E-state index is 13.1. The van der Waals surface area contributed by atoms with Gasteiger partial charge in [-0.3, -0.25) is 9.59 Å². The zero-order valence-corrected chi connectivity index (χ0v) is 17.8. The highest BCUT2D eigenvalue weighted by atomic mass is 32.2. The number of nitrogens with zero attached hydrogens (tertiary/aromatic N) is 1. The number of rotatable bonds is 7. The third-order valence-electron chi connectivity index (χ3n) is 5.07. The fraction of sp³-hybridized carbons (Fsp3) is 0.391. The van der Waals surface area contributed by atoms with Crippen molar-refractivity contribution < 1.29 is 14.0 Å². The van der Waals surface area contributed by atoms with Crippen LogP contribution >= 0.6 is 11.8 Å². The number of amides is 2. The molecule has 154 valence electrons. The molecule has 0 radical (unpaired) electrons. The maximum atomic E-state index is 13.1. The molecule has 0 spiro atoms. The van der Waals surface area contributed by atoms with E-state index < -0.39 is 6.04 Å². The van der Waals surface area contributed by atoms with Gasteiger partial charge in [-0.15, -0.1) is 11.8 Å². The number of carbonyl (C=O) groups is 2. The van der Waals surface area contributed by atoms with Gasteiger partial charge in [0.2, 0.25) is 11.8 Å². The predicted octanol–water partition coefficient (Wildman–Crippen LogP) is 4.44. The monoisotopic (exact) mass is 414 g/mol. The molecule has 0 aromatic heterocycles. The van der Waals surface area contributed by atoms with Gasteiger partial charge >= 0.3 is 0 Å². The van der Waals surface area contributed by atoms with Gasteiger partial charge in [0.05, 0.1) is 5.75 Å². The van der Waals surface area contributed by atoms with E-state index in [1.165, 1.54) is 12.1 Å². The Morgan fingerprint density at radius 2 is 1.90 bits per heavy atom. The van der Waals surface area contributed by atoms with Crippen LogP contribution in [0, 0.1) is 18.7 Å². The Kier molecular flexibility index (Phi) is 6.96. The highest BCUT2D eigenvalue weighted by molar-refractivity contribution is 8.00. The summed E-state index contributed by atoms with van der Waals surface area (Å²) in [6.45, 7) is 6.44. The Balaban J connectivity index is 1.81. The number of benzene rings is 2. The van der Waals surface area contributed by atoms with Gasteiger partial charge in [-0.25, -0.2) is 4.39 Å². The second-order valence-electron chi connectivity index (χ2n) is 7.81. The molecule has 2 aromatic rings. The molecular weight excluding hydrogens is 387 g/mol. The first kappa shape index (κ1) is 21.4. The molecule has 6 heteroatoms. The molecule has 4 nitrogen and oxygen atoms in total. The summed E-state index contributed by atoms with van der Waals surface area (Å²) in [5.41, 5.74) is 3.00. The highest BCUT2D eigenvalue weighted by Gasteiger charge is 2.41. The van der Waals surface area contributed by atoms with Crippen LogP contribution in [0.15, 0.2) is 48.5 Å². The number of nitrogens with one attached hydrogen (secondary N) is 1. The molecule has 0 aliphatic carbocycles. The minimum absolute atomic E-state index is 0.00849. The normalized spacial score (nSPS) is 17.6. The topological polar surface area (TPSA) is 49.4 Å². The summed E-state index contributed by atoms with van der Waals surface area (Å²) < 4.78 is 13.1. The van der Waals surface area contributed by atoms with Crippen molar-refractivity contribution in [2.24, 2.45) is 5.92 Å². The summed E-state index contributed by atoms with van der Waals surface area (Å²) in [6.07, 6.45) is 0.587. The Hall–Kier alpha value is -2.34. The molecule has 1 saturated heterocycles. The Labute approximate surface area is 175 Å². The summed E-state index contributed by atoms with van der Waals surface area (Å²) in [5.74, 6) is 0.146. The lowest BCUT2D eigenvalue weighted by molar-refractivity contribution is -0.139. The van der Waals surface area contributed by atoms with E-state index in [-0.39, 0.29) is 28.9 Å². The highest BCUT2D eigenvalue weighted by Crippen LogP contribution is 2.42. The molecule has 1 aliphatic rings. The molecule has 2 aromatic carbocycles. The van der Waals surface area contributed by atoms with Crippen molar-refractivity contribution in [3.8, 4) is 0 Å². The van der Waals surface area contributed by atoms with E-state index in [1.807, 2.05) is 31.2 Å². The number of carbonyl (C=O) groups excluding carboxylic acids is 2. The van der Waals surface area contributed by atoms with Crippen LogP contribution < -0.4 is 5.32 Å². The molecule has 2 atom stereocenters. The summed E-state index contributed by atoms with van der Waals surface area (Å²) in [4.78, 5) is 27.7. The van der Waals surface area contributed by atoms with Crippen LogP contribution in [0.5, 0.6) is 0 Å². The van der Waals surface area contributed by atoms with E-state index >= 15 is 0 Å². The van der Waals surface area contributed by atoms with Gasteiger partial charge in [-0.1, -0.05) is 50.2 Å². The van der Waals surface area contributed by atoms with Crippen molar-refractivity contribution in [3.05, 3.63) is 71.0 Å². The molecule has 1 N–H and O–H groups in total. The van der Waals surface area contributed by atoms with Crippen molar-refractivity contribution in [2.75, 3.05) is 5.75 Å². The standard InChI is InChI=1S/C23H27FN2O2S/c1-15(2)12-20(22(28)25-13-17-8-10-18(24)11-9-17)26-21(27)14-29-23(26)19-7-5-4-6-16(19)3/h4-11,15,20,23H,12-14H2,1-3H3,(H,25,28)/t20-,23+/m1/s1. The molecular formula is C23H27FN2O2S. The van der Waals surface area contributed by atoms with Crippen LogP contribution in [0.2, 0.25) is 0 Å². The minimum Gasteiger partial charge on any atom is -0.350 e. The van der Waals surface area contributed by atoms with Crippen LogP contribution in [-0.4, -0.2) is 28.5 Å². The molecule has 0 bridgehead atoms. The van der Waals surface area contributed by atoms with Crippen molar-refractivity contribution in [1.82, 2.24) is 10.2 Å². The Morgan fingerprint density at radius 3 is 2.55 bits per heavy atom. The maximum Gasteiger partial charge on any atom is 0.243 e. The molecule has 1 heterocycles. The second kappa shape index (κ2) is 9.44. The minimum atomic E-state index is -0.539. The molecule has 2 amide bonds. The number of hydrogen-bond donors (Lipinski definition) is 1. The van der Waals surface area contributed by atoms with E-state index in [0.717, 1.165) is 16.7 Å². The van der Waals surface area contributed by atoms with Crippen molar-refractivity contribution in [2.45, 2.75) is 45.2 Å². The summed E-state index contributed by atoms with van der Waals surface area (Å²) in [5, 5.41) is 2.78. The quantitative estimate of drug-likeness (QED) is 0.729. The number of thioether (sulfide) groups is 1. The average Bonchev–Trinajstić information content (AvgIpc) is 3.06. The first-order chi connectivity index (χ1) is 13.9. The molecule has 3 rings (SSSR count). The predicted molar refractivity (Wildman–Crippen MR) is 115 cm³/mol. The lowest BCUT2D eigenvalue weighted by Gasteiger charge is -2.33. The smallest absolute Gasteiger partial charge is 0.243 e. The molecule has 1 aliphatic heterocycles. The zero-order valence-electron chi connectivity index (χ0n) is 17.0. The Morgan fingerprint density at radius 1 is 1.21 bits per heavy atom. The first-order valence-electron chi connectivity index (χ1n) is 9.87. The second-order valence-corrected chi connectivity index (χ2v) is 8.88. The average molecular weight is 415 g/mol. The van der Waals surface area contributed by atoms with E-state index in [1.54, 1.807) is 28.8 Å². The van der Waals surface area contributed by atoms with Gasteiger partial charge in [-0.2, -0.15) is 0 Å². The van der Waals surface area contributed by atoms with E-state index in [9.17, 15) is 14.0 Å². The summed E-state index contributed by atoms with van der Waals surface area (Å²) in [6, 6.07) is 13.5. The number of halogens is 1. The molecule has 29 heavy (non-hydrogen) atoms. The van der Waals surface area contributed by atoms with Crippen molar-refractivity contribution >= 4 is 23.6 Å². The van der Waals surface area contributed by atoms with Gasteiger partial charge in [0, 0.05) is 6.54 Å². The third-order valence-corrected chi connectivity index (χ3v) is 6.28. The fourth-order valence-corrected chi connectivity index (χ4v) is 4.90. The summed E-state index contributed by atoms with van der Waals surface area (Å²) in [7, 11) is 0. The van der Waals surface area contributed by atoms with Gasteiger partial charge in [0.25, 0.3) is 0 Å². The van der Waals surface area contributed by atoms with Crippen LogP contribution in [-0.2, 0) is 16.1 Å². The molecule has 0 saturated carbocycles. The van der Waals surface area contributed by atoms with Crippen LogP contribution in [0.25, 0.3) is 0 Å². The van der Waals surface area contributed by atoms with Crippen LogP contribution in [0.4, 0.5) is 4.39 Å². The Bertz CT molecular complexity index is 869. The largest absolute Gasteiger partial charge is 0.350 e. The van der Waals surface area contributed by atoms with Gasteiger partial charge in [0.15, 0.2) is 0 Å². The number of aryl methyl sites for hydroxylation is 1. The SMILES string of the molecule is Cc1ccccc1[C@@H]1SCC(=O)N1[C@H](CC(C)C)C(=O)NCc1ccc(F)cc1. The molecule has 0 unspecified atom stereocenters. The van der Waals surface area contributed by atoms with Crippen molar-refractivity contribution in [3.63, 3.8) is 0 Å². The van der Waals surface area contributed by atoms with Gasteiger partial charge in [0.1, 0.15) is 17.2 Å². The zero-order chi connectivity index (χ0) is 21.0. The lowest BCUT2D eigenvalue weighted by Crippen LogP contribution is -2.49.